The molecule has 0 aromatic carbocycles. The van der Waals surface area contributed by atoms with Crippen molar-refractivity contribution in [1.82, 2.24) is 0 Å². The summed E-state index contributed by atoms with van der Waals surface area (Å²) in [4.78, 5) is 24.3. The second kappa shape index (κ2) is 22.2. The molecule has 1 rings (SSSR count). The van der Waals surface area contributed by atoms with E-state index in [9.17, 15) is 14.7 Å². The first-order valence-corrected chi connectivity index (χ1v) is 15.5. The lowest BCUT2D eigenvalue weighted by Crippen LogP contribution is -2.31. The SMILES string of the molecule is CCCCCCCCCCCCC(CCCCCCCCCC)OC(=O)C1CCCC(C(=O)O)C1. The van der Waals surface area contributed by atoms with E-state index in [1.165, 1.54) is 103 Å². The maximum absolute atomic E-state index is 12.9. The number of hydrogen-bond acceptors (Lipinski definition) is 3. The molecule has 206 valence electrons. The van der Waals surface area contributed by atoms with Gasteiger partial charge in [-0.2, -0.15) is 0 Å². The van der Waals surface area contributed by atoms with Crippen molar-refractivity contribution in [1.29, 1.82) is 0 Å². The minimum absolute atomic E-state index is 0.0156. The molecule has 0 spiro atoms. The minimum atomic E-state index is -0.761. The van der Waals surface area contributed by atoms with Gasteiger partial charge in [0.15, 0.2) is 0 Å². The molecule has 0 radical (unpaired) electrons. The molecule has 0 aromatic rings. The maximum atomic E-state index is 12.9. The van der Waals surface area contributed by atoms with Crippen LogP contribution in [-0.4, -0.2) is 23.1 Å². The molecule has 1 aliphatic rings. The molecule has 1 N–H and O–H groups in total. The first-order valence-electron chi connectivity index (χ1n) is 15.5. The van der Waals surface area contributed by atoms with Gasteiger partial charge in [0.05, 0.1) is 11.8 Å². The highest BCUT2D eigenvalue weighted by atomic mass is 16.5. The third-order valence-electron chi connectivity index (χ3n) is 7.90. The Hall–Kier alpha value is -1.06. The van der Waals surface area contributed by atoms with Crippen LogP contribution in [0.25, 0.3) is 0 Å². The Balaban J connectivity index is 2.32. The average Bonchev–Trinajstić information content (AvgIpc) is 2.86. The van der Waals surface area contributed by atoms with E-state index in [1.54, 1.807) is 0 Å². The molecule has 1 aliphatic carbocycles. The zero-order chi connectivity index (χ0) is 25.6. The third-order valence-corrected chi connectivity index (χ3v) is 7.90. The highest BCUT2D eigenvalue weighted by Gasteiger charge is 2.32. The van der Waals surface area contributed by atoms with Gasteiger partial charge in [-0.15, -0.1) is 0 Å². The largest absolute Gasteiger partial charge is 0.481 e. The number of carboxylic acids is 1. The Bertz CT molecular complexity index is 518. The van der Waals surface area contributed by atoms with Crippen LogP contribution in [0.1, 0.15) is 168 Å². The Labute approximate surface area is 217 Å². The van der Waals surface area contributed by atoms with Crippen LogP contribution in [0.3, 0.4) is 0 Å². The van der Waals surface area contributed by atoms with Crippen molar-refractivity contribution in [3.05, 3.63) is 0 Å². The smallest absolute Gasteiger partial charge is 0.309 e. The molecular weight excluding hydrogens is 436 g/mol. The van der Waals surface area contributed by atoms with E-state index >= 15 is 0 Å². The molecule has 0 aromatic heterocycles. The van der Waals surface area contributed by atoms with Crippen molar-refractivity contribution >= 4 is 11.9 Å². The van der Waals surface area contributed by atoms with Crippen LogP contribution in [0.2, 0.25) is 0 Å². The summed E-state index contributed by atoms with van der Waals surface area (Å²) in [6, 6.07) is 0. The Morgan fingerprint density at radius 3 is 1.49 bits per heavy atom. The molecule has 1 saturated carbocycles. The van der Waals surface area contributed by atoms with E-state index in [2.05, 4.69) is 13.8 Å². The lowest BCUT2D eigenvalue weighted by molar-refractivity contribution is -0.158. The summed E-state index contributed by atoms with van der Waals surface area (Å²) < 4.78 is 6.03. The third kappa shape index (κ3) is 17.1. The predicted octanol–water partition coefficient (Wildman–Crippen LogP) is 9.63. The van der Waals surface area contributed by atoms with E-state index < -0.39 is 5.97 Å². The minimum Gasteiger partial charge on any atom is -0.481 e. The van der Waals surface area contributed by atoms with Crippen LogP contribution >= 0.6 is 0 Å². The second-order valence-corrected chi connectivity index (χ2v) is 11.2. The quantitative estimate of drug-likeness (QED) is 0.113. The first-order chi connectivity index (χ1) is 17.1. The van der Waals surface area contributed by atoms with Crippen LogP contribution in [0, 0.1) is 11.8 Å². The molecule has 1 fully saturated rings. The number of aliphatic carboxylic acids is 1. The number of carbonyl (C=O) groups is 2. The zero-order valence-corrected chi connectivity index (χ0v) is 23.4. The number of esters is 1. The highest BCUT2D eigenvalue weighted by molar-refractivity contribution is 5.75. The summed E-state index contributed by atoms with van der Waals surface area (Å²) in [7, 11) is 0. The van der Waals surface area contributed by atoms with Crippen molar-refractivity contribution in [2.24, 2.45) is 11.8 Å². The molecule has 4 nitrogen and oxygen atoms in total. The van der Waals surface area contributed by atoms with E-state index in [1.807, 2.05) is 0 Å². The molecule has 35 heavy (non-hydrogen) atoms. The molecule has 0 saturated heterocycles. The van der Waals surface area contributed by atoms with Crippen molar-refractivity contribution in [3.63, 3.8) is 0 Å². The van der Waals surface area contributed by atoms with Gasteiger partial charge in [0, 0.05) is 0 Å². The normalized spacial score (nSPS) is 18.9. The molecule has 0 heterocycles. The first kappa shape index (κ1) is 32.0. The monoisotopic (exact) mass is 494 g/mol. The van der Waals surface area contributed by atoms with Gasteiger partial charge < -0.3 is 9.84 Å². The topological polar surface area (TPSA) is 63.6 Å². The molecule has 4 heteroatoms. The number of ether oxygens (including phenoxy) is 1. The Morgan fingerprint density at radius 1 is 0.657 bits per heavy atom. The summed E-state index contributed by atoms with van der Waals surface area (Å²) in [6.45, 7) is 4.52. The summed E-state index contributed by atoms with van der Waals surface area (Å²) in [6.07, 6.45) is 28.1. The number of unbranched alkanes of at least 4 members (excludes halogenated alkanes) is 16. The predicted molar refractivity (Wildman–Crippen MR) is 147 cm³/mol. The van der Waals surface area contributed by atoms with Crippen LogP contribution in [0.4, 0.5) is 0 Å². The van der Waals surface area contributed by atoms with Gasteiger partial charge in [-0.25, -0.2) is 0 Å². The van der Waals surface area contributed by atoms with Gasteiger partial charge in [0.1, 0.15) is 6.10 Å². The number of carbonyl (C=O) groups excluding carboxylic acids is 1. The van der Waals surface area contributed by atoms with Crippen molar-refractivity contribution in [2.45, 2.75) is 174 Å². The average molecular weight is 495 g/mol. The summed E-state index contributed by atoms with van der Waals surface area (Å²) in [5, 5.41) is 9.36. The van der Waals surface area contributed by atoms with E-state index in [-0.39, 0.29) is 23.9 Å². The fraction of sp³-hybridized carbons (Fsp3) is 0.935. The van der Waals surface area contributed by atoms with Gasteiger partial charge in [0.2, 0.25) is 0 Å². The van der Waals surface area contributed by atoms with Crippen molar-refractivity contribution in [3.8, 4) is 0 Å². The highest BCUT2D eigenvalue weighted by Crippen LogP contribution is 2.31. The Kier molecular flexibility index (Phi) is 20.2. The van der Waals surface area contributed by atoms with Gasteiger partial charge >= 0.3 is 11.9 Å². The fourth-order valence-electron chi connectivity index (χ4n) is 5.52. The van der Waals surface area contributed by atoms with Gasteiger partial charge in [-0.1, -0.05) is 123 Å². The van der Waals surface area contributed by atoms with Crippen LogP contribution < -0.4 is 0 Å². The standard InChI is InChI=1S/C31H58O4/c1-3-5-7-9-11-13-14-16-18-20-25-29(24-19-17-15-12-10-8-6-4-2)35-31(34)28-23-21-22-27(26-28)30(32)33/h27-29H,3-26H2,1-2H3,(H,32,33). The van der Waals surface area contributed by atoms with Crippen LogP contribution in [0.5, 0.6) is 0 Å². The number of hydrogen-bond donors (Lipinski definition) is 1. The van der Waals surface area contributed by atoms with Crippen molar-refractivity contribution in [2.75, 3.05) is 0 Å². The molecular formula is C31H58O4. The number of rotatable bonds is 23. The van der Waals surface area contributed by atoms with Crippen LogP contribution in [-0.2, 0) is 14.3 Å². The molecule has 0 amide bonds. The molecule has 0 aliphatic heterocycles. The summed E-state index contributed by atoms with van der Waals surface area (Å²) >= 11 is 0. The van der Waals surface area contributed by atoms with Gasteiger partial charge in [-0.3, -0.25) is 9.59 Å². The van der Waals surface area contributed by atoms with E-state index in [0.717, 1.165) is 38.5 Å². The van der Waals surface area contributed by atoms with Gasteiger partial charge in [0.25, 0.3) is 0 Å². The lowest BCUT2D eigenvalue weighted by atomic mass is 9.81. The van der Waals surface area contributed by atoms with E-state index in [0.29, 0.717) is 12.8 Å². The van der Waals surface area contributed by atoms with Crippen molar-refractivity contribution < 1.29 is 19.4 Å². The molecule has 3 atom stereocenters. The zero-order valence-electron chi connectivity index (χ0n) is 23.4. The second-order valence-electron chi connectivity index (χ2n) is 11.2. The maximum Gasteiger partial charge on any atom is 0.309 e. The fourth-order valence-corrected chi connectivity index (χ4v) is 5.52. The lowest BCUT2D eigenvalue weighted by Gasteiger charge is -2.27. The summed E-state index contributed by atoms with van der Waals surface area (Å²) in [5.41, 5.74) is 0. The molecule has 0 bridgehead atoms. The number of carboxylic acid groups (broad SMARTS) is 1. The Morgan fingerprint density at radius 2 is 1.06 bits per heavy atom. The molecule has 3 unspecified atom stereocenters. The van der Waals surface area contributed by atoms with Crippen LogP contribution in [0.15, 0.2) is 0 Å². The summed E-state index contributed by atoms with van der Waals surface area (Å²) in [5.74, 6) is -1.50. The van der Waals surface area contributed by atoms with E-state index in [4.69, 9.17) is 4.74 Å². The van der Waals surface area contributed by atoms with Gasteiger partial charge in [-0.05, 0) is 44.9 Å².